The molecule has 3 aromatic rings. The Bertz CT molecular complexity index is 1020. The summed E-state index contributed by atoms with van der Waals surface area (Å²) >= 11 is 3.54. The number of allylic oxidation sites excluding steroid dienone is 5. The lowest BCUT2D eigenvalue weighted by Gasteiger charge is -2.18. The van der Waals surface area contributed by atoms with Crippen LogP contribution in [0.1, 0.15) is 37.7 Å². The number of benzene rings is 2. The van der Waals surface area contributed by atoms with Gasteiger partial charge in [-0.25, -0.2) is 4.68 Å². The zero-order valence-corrected chi connectivity index (χ0v) is 16.8. The molecule has 0 bridgehead atoms. The SMILES string of the molecule is C=C(/C=C\C(=C1CCCCC1)c1ccc(Br)cc1)n1nnc2ccccc21. The third kappa shape index (κ3) is 3.96. The Morgan fingerprint density at radius 1 is 0.963 bits per heavy atom. The number of aromatic nitrogens is 3. The van der Waals surface area contributed by atoms with Crippen molar-refractivity contribution in [3.63, 3.8) is 0 Å². The normalized spacial score (nSPS) is 14.8. The zero-order valence-electron chi connectivity index (χ0n) is 15.2. The van der Waals surface area contributed by atoms with E-state index in [0.29, 0.717) is 0 Å². The van der Waals surface area contributed by atoms with Crippen molar-refractivity contribution in [1.82, 2.24) is 15.0 Å². The van der Waals surface area contributed by atoms with E-state index in [-0.39, 0.29) is 0 Å². The molecule has 0 radical (unpaired) electrons. The molecule has 3 nitrogen and oxygen atoms in total. The van der Waals surface area contributed by atoms with Crippen LogP contribution in [0.5, 0.6) is 0 Å². The highest BCUT2D eigenvalue weighted by molar-refractivity contribution is 9.10. The number of nitrogens with zero attached hydrogens (tertiary/aromatic N) is 3. The smallest absolute Gasteiger partial charge is 0.113 e. The highest BCUT2D eigenvalue weighted by Crippen LogP contribution is 2.32. The molecule has 136 valence electrons. The third-order valence-electron chi connectivity index (χ3n) is 5.06. The third-order valence-corrected chi connectivity index (χ3v) is 5.59. The molecule has 1 fully saturated rings. The summed E-state index contributed by atoms with van der Waals surface area (Å²) in [4.78, 5) is 0. The number of para-hydroxylation sites is 1. The number of rotatable bonds is 4. The summed E-state index contributed by atoms with van der Waals surface area (Å²) in [5.41, 5.74) is 6.77. The minimum absolute atomic E-state index is 0.815. The predicted molar refractivity (Wildman–Crippen MR) is 116 cm³/mol. The molecule has 1 saturated carbocycles. The van der Waals surface area contributed by atoms with Gasteiger partial charge in [0.05, 0.1) is 11.2 Å². The van der Waals surface area contributed by atoms with E-state index in [1.807, 2.05) is 24.3 Å². The number of hydrogen-bond acceptors (Lipinski definition) is 2. The average molecular weight is 420 g/mol. The summed E-state index contributed by atoms with van der Waals surface area (Å²) in [6.07, 6.45) is 10.5. The van der Waals surface area contributed by atoms with Crippen LogP contribution in [0.15, 0.2) is 77.3 Å². The molecule has 0 saturated heterocycles. The maximum Gasteiger partial charge on any atom is 0.113 e. The Morgan fingerprint density at radius 3 is 2.48 bits per heavy atom. The van der Waals surface area contributed by atoms with Crippen molar-refractivity contribution in [2.45, 2.75) is 32.1 Å². The van der Waals surface area contributed by atoms with Crippen LogP contribution in [0.25, 0.3) is 22.3 Å². The van der Waals surface area contributed by atoms with Crippen molar-refractivity contribution in [3.05, 3.63) is 82.9 Å². The molecule has 1 aliphatic rings. The molecule has 1 heterocycles. The van der Waals surface area contributed by atoms with Crippen LogP contribution < -0.4 is 0 Å². The molecule has 0 N–H and O–H groups in total. The molecule has 0 atom stereocenters. The Labute approximate surface area is 168 Å². The first-order valence-electron chi connectivity index (χ1n) is 9.38. The second kappa shape index (κ2) is 8.05. The van der Waals surface area contributed by atoms with E-state index in [9.17, 15) is 0 Å². The largest absolute Gasteiger partial charge is 0.213 e. The van der Waals surface area contributed by atoms with Crippen molar-refractivity contribution in [2.75, 3.05) is 0 Å². The van der Waals surface area contributed by atoms with Crippen LogP contribution >= 0.6 is 15.9 Å². The Morgan fingerprint density at radius 2 is 1.70 bits per heavy atom. The monoisotopic (exact) mass is 419 g/mol. The fourth-order valence-corrected chi connectivity index (χ4v) is 3.89. The van der Waals surface area contributed by atoms with Gasteiger partial charge in [0.15, 0.2) is 0 Å². The Kier molecular flexibility index (Phi) is 5.35. The van der Waals surface area contributed by atoms with Gasteiger partial charge in [-0.2, -0.15) is 0 Å². The molecule has 27 heavy (non-hydrogen) atoms. The number of hydrogen-bond donors (Lipinski definition) is 0. The standard InChI is InChI=1S/C23H22BrN3/c1-17(27-23-10-6-5-9-22(23)25-26-27)11-16-21(18-7-3-2-4-8-18)19-12-14-20(24)15-13-19/h5-6,9-16H,1-4,7-8H2/b16-11-. The van der Waals surface area contributed by atoms with E-state index in [4.69, 9.17) is 0 Å². The first-order chi connectivity index (χ1) is 13.2. The van der Waals surface area contributed by atoms with Crippen LogP contribution in [-0.2, 0) is 0 Å². The van der Waals surface area contributed by atoms with Crippen molar-refractivity contribution in [1.29, 1.82) is 0 Å². The fraction of sp³-hybridized carbons (Fsp3) is 0.217. The highest BCUT2D eigenvalue weighted by atomic mass is 79.9. The lowest BCUT2D eigenvalue weighted by molar-refractivity contribution is 0.601. The van der Waals surface area contributed by atoms with Gasteiger partial charge >= 0.3 is 0 Å². The van der Waals surface area contributed by atoms with Crippen molar-refractivity contribution < 1.29 is 0 Å². The van der Waals surface area contributed by atoms with Crippen molar-refractivity contribution in [2.24, 2.45) is 0 Å². The number of halogens is 1. The van der Waals surface area contributed by atoms with Gasteiger partial charge in [0.2, 0.25) is 0 Å². The average Bonchev–Trinajstić information content (AvgIpc) is 3.14. The van der Waals surface area contributed by atoms with Gasteiger partial charge in [0.1, 0.15) is 5.52 Å². The molecular formula is C23H22BrN3. The molecule has 4 rings (SSSR count). The van der Waals surface area contributed by atoms with Crippen LogP contribution in [0.3, 0.4) is 0 Å². The van der Waals surface area contributed by atoms with Gasteiger partial charge in [-0.15, -0.1) is 5.10 Å². The quantitative estimate of drug-likeness (QED) is 0.443. The topological polar surface area (TPSA) is 30.7 Å². The van der Waals surface area contributed by atoms with E-state index in [1.165, 1.54) is 48.8 Å². The van der Waals surface area contributed by atoms with E-state index in [0.717, 1.165) is 21.2 Å². The molecule has 0 spiro atoms. The van der Waals surface area contributed by atoms with Gasteiger partial charge in [0.25, 0.3) is 0 Å². The van der Waals surface area contributed by atoms with E-state index in [1.54, 1.807) is 4.68 Å². The maximum atomic E-state index is 4.26. The molecule has 0 amide bonds. The lowest BCUT2D eigenvalue weighted by Crippen LogP contribution is -1.99. The van der Waals surface area contributed by atoms with E-state index in [2.05, 4.69) is 69.2 Å². The Hall–Kier alpha value is -2.46. The Balaban J connectivity index is 1.68. The molecule has 2 aromatic carbocycles. The van der Waals surface area contributed by atoms with E-state index < -0.39 is 0 Å². The second-order valence-electron chi connectivity index (χ2n) is 6.90. The predicted octanol–water partition coefficient (Wildman–Crippen LogP) is 6.64. The summed E-state index contributed by atoms with van der Waals surface area (Å²) < 4.78 is 2.90. The van der Waals surface area contributed by atoms with Gasteiger partial charge in [-0.05, 0) is 67.2 Å². The molecule has 0 aliphatic heterocycles. The first kappa shape index (κ1) is 17.9. The van der Waals surface area contributed by atoms with E-state index >= 15 is 0 Å². The summed E-state index contributed by atoms with van der Waals surface area (Å²) in [6.45, 7) is 4.22. The summed E-state index contributed by atoms with van der Waals surface area (Å²) in [5, 5.41) is 8.49. The van der Waals surface area contributed by atoms with Crippen molar-refractivity contribution >= 4 is 38.2 Å². The zero-order chi connectivity index (χ0) is 18.6. The summed E-state index contributed by atoms with van der Waals surface area (Å²) in [6, 6.07) is 16.5. The number of fused-ring (bicyclic) bond motifs is 1. The van der Waals surface area contributed by atoms with Crippen LogP contribution in [0.2, 0.25) is 0 Å². The van der Waals surface area contributed by atoms with Crippen LogP contribution in [0.4, 0.5) is 0 Å². The molecule has 1 aliphatic carbocycles. The minimum Gasteiger partial charge on any atom is -0.213 e. The minimum atomic E-state index is 0.815. The molecule has 1 aromatic heterocycles. The second-order valence-corrected chi connectivity index (χ2v) is 7.82. The van der Waals surface area contributed by atoms with Gasteiger partial charge in [0, 0.05) is 4.47 Å². The lowest BCUT2D eigenvalue weighted by atomic mass is 9.88. The molecular weight excluding hydrogens is 398 g/mol. The first-order valence-corrected chi connectivity index (χ1v) is 10.2. The van der Waals surface area contributed by atoms with Gasteiger partial charge < -0.3 is 0 Å². The van der Waals surface area contributed by atoms with Gasteiger partial charge in [-0.1, -0.05) is 70.1 Å². The van der Waals surface area contributed by atoms with Crippen LogP contribution in [0, 0.1) is 0 Å². The van der Waals surface area contributed by atoms with Crippen molar-refractivity contribution in [3.8, 4) is 0 Å². The molecule has 4 heteroatoms. The highest BCUT2D eigenvalue weighted by Gasteiger charge is 2.12. The maximum absolute atomic E-state index is 4.26. The fourth-order valence-electron chi connectivity index (χ4n) is 3.63. The molecule has 0 unspecified atom stereocenters. The van der Waals surface area contributed by atoms with Crippen LogP contribution in [-0.4, -0.2) is 15.0 Å². The summed E-state index contributed by atoms with van der Waals surface area (Å²) in [7, 11) is 0. The van der Waals surface area contributed by atoms with Gasteiger partial charge in [-0.3, -0.25) is 0 Å². The summed E-state index contributed by atoms with van der Waals surface area (Å²) in [5.74, 6) is 0.